The van der Waals surface area contributed by atoms with Gasteiger partial charge in [-0.1, -0.05) is 6.92 Å². The Labute approximate surface area is 94.2 Å². The van der Waals surface area contributed by atoms with Crippen LogP contribution in [0.4, 0.5) is 0 Å². The lowest BCUT2D eigenvalue weighted by atomic mass is 10.2. The summed E-state index contributed by atoms with van der Waals surface area (Å²) in [6, 6.07) is 0. The standard InChI is InChI=1S/C11H16N4O/c1-7-4-5-15(6-7)11(16)10-12-9(13-14-10)8-2-3-8/h7-8H,2-6H2,1H3,(H,12,13,14). The molecule has 0 radical (unpaired) electrons. The van der Waals surface area contributed by atoms with Crippen LogP contribution in [0.2, 0.25) is 0 Å². The first-order chi connectivity index (χ1) is 7.74. The highest BCUT2D eigenvalue weighted by Crippen LogP contribution is 2.37. The van der Waals surface area contributed by atoms with Crippen LogP contribution in [0.3, 0.4) is 0 Å². The van der Waals surface area contributed by atoms with E-state index in [1.807, 2.05) is 4.90 Å². The number of likely N-dealkylation sites (tertiary alicyclic amines) is 1. The summed E-state index contributed by atoms with van der Waals surface area (Å²) < 4.78 is 0. The Bertz CT molecular complexity index is 410. The van der Waals surface area contributed by atoms with Crippen LogP contribution in [-0.4, -0.2) is 39.1 Å². The summed E-state index contributed by atoms with van der Waals surface area (Å²) in [5.41, 5.74) is 0. The highest BCUT2D eigenvalue weighted by Gasteiger charge is 2.30. The summed E-state index contributed by atoms with van der Waals surface area (Å²) in [6.07, 6.45) is 3.43. The van der Waals surface area contributed by atoms with E-state index in [9.17, 15) is 4.79 Å². The minimum Gasteiger partial charge on any atom is -0.336 e. The fraction of sp³-hybridized carbons (Fsp3) is 0.727. The van der Waals surface area contributed by atoms with Crippen molar-refractivity contribution in [3.8, 4) is 0 Å². The Balaban J connectivity index is 1.73. The number of hydrogen-bond acceptors (Lipinski definition) is 3. The normalized spacial score (nSPS) is 25.1. The maximum Gasteiger partial charge on any atom is 0.293 e. The number of nitrogens with zero attached hydrogens (tertiary/aromatic N) is 3. The van der Waals surface area contributed by atoms with Crippen LogP contribution >= 0.6 is 0 Å². The van der Waals surface area contributed by atoms with Gasteiger partial charge in [0.2, 0.25) is 5.82 Å². The predicted molar refractivity (Wildman–Crippen MR) is 58.0 cm³/mol. The fourth-order valence-corrected chi connectivity index (χ4v) is 2.17. The molecule has 1 saturated heterocycles. The Hall–Kier alpha value is -1.39. The third-order valence-corrected chi connectivity index (χ3v) is 3.37. The predicted octanol–water partition coefficient (Wildman–Crippen LogP) is 1.16. The van der Waals surface area contributed by atoms with E-state index in [0.29, 0.717) is 17.7 Å². The Morgan fingerprint density at radius 3 is 2.88 bits per heavy atom. The molecule has 1 atom stereocenters. The van der Waals surface area contributed by atoms with Gasteiger partial charge in [0.15, 0.2) is 0 Å². The second-order valence-electron chi connectivity index (χ2n) is 4.96. The van der Waals surface area contributed by atoms with E-state index in [4.69, 9.17) is 0 Å². The largest absolute Gasteiger partial charge is 0.336 e. The van der Waals surface area contributed by atoms with Gasteiger partial charge in [-0.15, -0.1) is 5.10 Å². The Morgan fingerprint density at radius 1 is 1.44 bits per heavy atom. The number of nitrogens with one attached hydrogen (secondary N) is 1. The highest BCUT2D eigenvalue weighted by molar-refractivity contribution is 5.90. The molecule has 1 saturated carbocycles. The molecular formula is C11H16N4O. The maximum atomic E-state index is 12.0. The van der Waals surface area contributed by atoms with E-state index < -0.39 is 0 Å². The molecule has 0 aromatic carbocycles. The number of H-pyrrole nitrogens is 1. The molecular weight excluding hydrogens is 204 g/mol. The zero-order valence-electron chi connectivity index (χ0n) is 9.44. The second kappa shape index (κ2) is 3.57. The van der Waals surface area contributed by atoms with Gasteiger partial charge in [-0.3, -0.25) is 9.89 Å². The summed E-state index contributed by atoms with van der Waals surface area (Å²) in [5.74, 6) is 2.33. The molecule has 1 amide bonds. The van der Waals surface area contributed by atoms with E-state index in [1.165, 1.54) is 12.8 Å². The number of aromatic nitrogens is 3. The molecule has 1 aromatic rings. The first-order valence-corrected chi connectivity index (χ1v) is 5.95. The van der Waals surface area contributed by atoms with Crippen molar-refractivity contribution in [1.82, 2.24) is 20.1 Å². The average molecular weight is 220 g/mol. The topological polar surface area (TPSA) is 61.9 Å². The van der Waals surface area contributed by atoms with E-state index in [2.05, 4.69) is 22.1 Å². The molecule has 3 rings (SSSR count). The lowest BCUT2D eigenvalue weighted by Gasteiger charge is -2.12. The molecule has 1 aliphatic carbocycles. The number of aromatic amines is 1. The SMILES string of the molecule is CC1CCN(C(=O)c2n[nH]c(C3CC3)n2)C1. The van der Waals surface area contributed by atoms with Crippen molar-refractivity contribution in [2.45, 2.75) is 32.1 Å². The van der Waals surface area contributed by atoms with Gasteiger partial charge in [0, 0.05) is 19.0 Å². The van der Waals surface area contributed by atoms with Crippen molar-refractivity contribution in [2.75, 3.05) is 13.1 Å². The van der Waals surface area contributed by atoms with Gasteiger partial charge in [-0.25, -0.2) is 4.98 Å². The third kappa shape index (κ3) is 1.70. The lowest BCUT2D eigenvalue weighted by molar-refractivity contribution is 0.0776. The average Bonchev–Trinajstić information content (AvgIpc) is 2.86. The number of carbonyl (C=O) groups excluding carboxylic acids is 1. The minimum absolute atomic E-state index is 0.0208. The molecule has 5 heteroatoms. The number of carbonyl (C=O) groups is 1. The third-order valence-electron chi connectivity index (χ3n) is 3.37. The van der Waals surface area contributed by atoms with Crippen molar-refractivity contribution in [3.05, 3.63) is 11.6 Å². The molecule has 16 heavy (non-hydrogen) atoms. The summed E-state index contributed by atoms with van der Waals surface area (Å²) in [4.78, 5) is 18.2. The molecule has 2 aliphatic rings. The van der Waals surface area contributed by atoms with Crippen LogP contribution < -0.4 is 0 Å². The van der Waals surface area contributed by atoms with E-state index in [0.717, 1.165) is 25.3 Å². The monoisotopic (exact) mass is 220 g/mol. The van der Waals surface area contributed by atoms with Gasteiger partial charge < -0.3 is 4.90 Å². The maximum absolute atomic E-state index is 12.0. The Kier molecular flexibility index (Phi) is 2.19. The summed E-state index contributed by atoms with van der Waals surface area (Å²) in [7, 11) is 0. The quantitative estimate of drug-likeness (QED) is 0.813. The second-order valence-corrected chi connectivity index (χ2v) is 4.96. The van der Waals surface area contributed by atoms with Crippen LogP contribution in [0.5, 0.6) is 0 Å². The fourth-order valence-electron chi connectivity index (χ4n) is 2.17. The molecule has 1 aromatic heterocycles. The summed E-state index contributed by atoms with van der Waals surface area (Å²) in [6.45, 7) is 3.85. The molecule has 1 aliphatic heterocycles. The zero-order valence-corrected chi connectivity index (χ0v) is 9.44. The number of rotatable bonds is 2. The van der Waals surface area contributed by atoms with Crippen LogP contribution in [-0.2, 0) is 0 Å². The molecule has 1 N–H and O–H groups in total. The van der Waals surface area contributed by atoms with Crippen molar-refractivity contribution >= 4 is 5.91 Å². The van der Waals surface area contributed by atoms with Crippen molar-refractivity contribution < 1.29 is 4.79 Å². The summed E-state index contributed by atoms with van der Waals surface area (Å²) in [5, 5.41) is 6.89. The van der Waals surface area contributed by atoms with Gasteiger partial charge in [-0.2, -0.15) is 0 Å². The minimum atomic E-state index is -0.0208. The van der Waals surface area contributed by atoms with Gasteiger partial charge >= 0.3 is 0 Å². The van der Waals surface area contributed by atoms with Gasteiger partial charge in [0.25, 0.3) is 5.91 Å². The first-order valence-electron chi connectivity index (χ1n) is 5.95. The van der Waals surface area contributed by atoms with Crippen molar-refractivity contribution in [1.29, 1.82) is 0 Å². The molecule has 2 fully saturated rings. The van der Waals surface area contributed by atoms with Crippen molar-refractivity contribution in [3.63, 3.8) is 0 Å². The van der Waals surface area contributed by atoms with E-state index >= 15 is 0 Å². The van der Waals surface area contributed by atoms with Gasteiger partial charge in [0.05, 0.1) is 0 Å². The zero-order chi connectivity index (χ0) is 11.1. The molecule has 86 valence electrons. The van der Waals surface area contributed by atoms with Crippen LogP contribution in [0.15, 0.2) is 0 Å². The summed E-state index contributed by atoms with van der Waals surface area (Å²) >= 11 is 0. The molecule has 0 spiro atoms. The Morgan fingerprint density at radius 2 is 2.25 bits per heavy atom. The molecule has 1 unspecified atom stereocenters. The van der Waals surface area contributed by atoms with Crippen molar-refractivity contribution in [2.24, 2.45) is 5.92 Å². The van der Waals surface area contributed by atoms with Gasteiger partial charge in [0.1, 0.15) is 5.82 Å². The van der Waals surface area contributed by atoms with Crippen LogP contribution in [0.1, 0.15) is 48.5 Å². The lowest BCUT2D eigenvalue weighted by Crippen LogP contribution is -2.29. The van der Waals surface area contributed by atoms with Crippen LogP contribution in [0.25, 0.3) is 0 Å². The molecule has 0 bridgehead atoms. The highest BCUT2D eigenvalue weighted by atomic mass is 16.2. The van der Waals surface area contributed by atoms with E-state index in [1.54, 1.807) is 0 Å². The molecule has 5 nitrogen and oxygen atoms in total. The van der Waals surface area contributed by atoms with Crippen LogP contribution in [0, 0.1) is 5.92 Å². The first kappa shape index (κ1) is 9.81. The molecule has 2 heterocycles. The van der Waals surface area contributed by atoms with Gasteiger partial charge in [-0.05, 0) is 25.2 Å². The smallest absolute Gasteiger partial charge is 0.293 e. The number of hydrogen-bond donors (Lipinski definition) is 1. The van der Waals surface area contributed by atoms with E-state index in [-0.39, 0.29) is 5.91 Å². The number of amides is 1.